The van der Waals surface area contributed by atoms with Gasteiger partial charge >= 0.3 is 0 Å². The first-order valence-electron chi connectivity index (χ1n) is 4.63. The zero-order valence-corrected chi connectivity index (χ0v) is 9.00. The maximum absolute atomic E-state index is 11.3. The Morgan fingerprint density at radius 2 is 2.00 bits per heavy atom. The number of nitrogens with zero attached hydrogens (tertiary/aromatic N) is 1. The number of nitrogens with one attached hydrogen (secondary N) is 1. The molecule has 1 amide bonds. The molecule has 0 rings (SSSR count). The minimum Gasteiger partial charge on any atom is -0.353 e. The molecule has 0 radical (unpaired) electrons. The van der Waals surface area contributed by atoms with E-state index in [1.807, 2.05) is 32.8 Å². The van der Waals surface area contributed by atoms with Gasteiger partial charge in [-0.2, -0.15) is 0 Å². The predicted molar refractivity (Wildman–Crippen MR) is 54.4 cm³/mol. The number of hydrogen-bond donors (Lipinski definition) is 2. The normalized spacial score (nSPS) is 13.5. The van der Waals surface area contributed by atoms with Gasteiger partial charge in [0.15, 0.2) is 0 Å². The van der Waals surface area contributed by atoms with Gasteiger partial charge in [0.1, 0.15) is 0 Å². The fourth-order valence-corrected chi connectivity index (χ4v) is 0.823. The quantitative estimate of drug-likeness (QED) is 0.618. The largest absolute Gasteiger partial charge is 0.353 e. The van der Waals surface area contributed by atoms with Crippen LogP contribution in [0.5, 0.6) is 0 Å². The molecule has 0 saturated heterocycles. The molecule has 13 heavy (non-hydrogen) atoms. The van der Waals surface area contributed by atoms with Crippen LogP contribution in [0.2, 0.25) is 0 Å². The Labute approximate surface area is 80.5 Å². The van der Waals surface area contributed by atoms with Gasteiger partial charge in [0.25, 0.3) is 0 Å². The minimum atomic E-state index is -0.387. The van der Waals surface area contributed by atoms with Gasteiger partial charge in [-0.1, -0.05) is 13.8 Å². The summed E-state index contributed by atoms with van der Waals surface area (Å²) in [6.45, 7) is 5.38. The third-order valence-electron chi connectivity index (χ3n) is 1.88. The average molecular weight is 187 g/mol. The van der Waals surface area contributed by atoms with E-state index in [-0.39, 0.29) is 17.9 Å². The van der Waals surface area contributed by atoms with Crippen LogP contribution in [0, 0.1) is 5.92 Å². The lowest BCUT2D eigenvalue weighted by Crippen LogP contribution is -2.45. The number of hydrogen-bond acceptors (Lipinski definition) is 3. The van der Waals surface area contributed by atoms with Gasteiger partial charge in [-0.25, -0.2) is 0 Å². The van der Waals surface area contributed by atoms with Crippen molar-refractivity contribution in [3.63, 3.8) is 0 Å². The first-order chi connectivity index (χ1) is 5.95. The molecule has 0 bridgehead atoms. The number of rotatable bonds is 5. The zero-order chi connectivity index (χ0) is 10.4. The minimum absolute atomic E-state index is 0.0585. The summed E-state index contributed by atoms with van der Waals surface area (Å²) in [7, 11) is 3.93. The van der Waals surface area contributed by atoms with Gasteiger partial charge in [0.2, 0.25) is 5.91 Å². The van der Waals surface area contributed by atoms with E-state index < -0.39 is 0 Å². The summed E-state index contributed by atoms with van der Waals surface area (Å²) in [6, 6.07) is -0.387. The average Bonchev–Trinajstić information content (AvgIpc) is 2.02. The topological polar surface area (TPSA) is 58.4 Å². The highest BCUT2D eigenvalue weighted by Gasteiger charge is 2.15. The Balaban J connectivity index is 3.62. The van der Waals surface area contributed by atoms with Gasteiger partial charge in [0, 0.05) is 13.1 Å². The Morgan fingerprint density at radius 1 is 1.46 bits per heavy atom. The molecule has 0 aliphatic rings. The molecule has 0 saturated carbocycles. The number of nitrogens with two attached hydrogens (primary N) is 1. The number of amides is 1. The van der Waals surface area contributed by atoms with Gasteiger partial charge < -0.3 is 16.0 Å². The standard InChI is InChI=1S/C9H21N3O/c1-7(2)8(10)9(13)11-5-6-12(3)4/h7-8H,5-6,10H2,1-4H3,(H,11,13). The van der Waals surface area contributed by atoms with E-state index in [9.17, 15) is 4.79 Å². The monoisotopic (exact) mass is 187 g/mol. The molecule has 0 fully saturated rings. The van der Waals surface area contributed by atoms with E-state index in [1.54, 1.807) is 0 Å². The van der Waals surface area contributed by atoms with Crippen LogP contribution in [0.25, 0.3) is 0 Å². The van der Waals surface area contributed by atoms with Crippen molar-refractivity contribution in [2.45, 2.75) is 19.9 Å². The van der Waals surface area contributed by atoms with E-state index in [0.29, 0.717) is 6.54 Å². The van der Waals surface area contributed by atoms with Crippen LogP contribution in [0.4, 0.5) is 0 Å². The SMILES string of the molecule is CC(C)C(N)C(=O)NCCN(C)C. The van der Waals surface area contributed by atoms with Crippen LogP contribution < -0.4 is 11.1 Å². The van der Waals surface area contributed by atoms with E-state index in [4.69, 9.17) is 5.73 Å². The van der Waals surface area contributed by atoms with Gasteiger partial charge in [0.05, 0.1) is 6.04 Å². The zero-order valence-electron chi connectivity index (χ0n) is 9.00. The summed E-state index contributed by atoms with van der Waals surface area (Å²) in [5, 5.41) is 2.79. The number of carbonyl (C=O) groups excluding carboxylic acids is 1. The molecule has 0 aromatic carbocycles. The molecule has 78 valence electrons. The van der Waals surface area contributed by atoms with Crippen molar-refractivity contribution in [3.05, 3.63) is 0 Å². The van der Waals surface area contributed by atoms with Crippen LogP contribution in [-0.4, -0.2) is 44.0 Å². The van der Waals surface area contributed by atoms with Crippen molar-refractivity contribution in [1.29, 1.82) is 0 Å². The summed E-state index contributed by atoms with van der Waals surface area (Å²) in [5.74, 6) is 0.135. The van der Waals surface area contributed by atoms with Gasteiger partial charge in [-0.3, -0.25) is 4.79 Å². The lowest BCUT2D eigenvalue weighted by Gasteiger charge is -2.16. The Kier molecular flexibility index (Phi) is 5.66. The Morgan fingerprint density at radius 3 is 2.38 bits per heavy atom. The van der Waals surface area contributed by atoms with E-state index >= 15 is 0 Å². The molecular weight excluding hydrogens is 166 g/mol. The van der Waals surface area contributed by atoms with Crippen LogP contribution in [0.15, 0.2) is 0 Å². The summed E-state index contributed by atoms with van der Waals surface area (Å²) >= 11 is 0. The molecular formula is C9H21N3O. The van der Waals surface area contributed by atoms with Crippen molar-refractivity contribution in [1.82, 2.24) is 10.2 Å². The summed E-state index contributed by atoms with van der Waals surface area (Å²) < 4.78 is 0. The van der Waals surface area contributed by atoms with Gasteiger partial charge in [-0.05, 0) is 20.0 Å². The maximum atomic E-state index is 11.3. The second-order valence-electron chi connectivity index (χ2n) is 3.86. The molecule has 1 atom stereocenters. The molecule has 0 aromatic heterocycles. The van der Waals surface area contributed by atoms with Crippen molar-refractivity contribution < 1.29 is 4.79 Å². The molecule has 3 N–H and O–H groups in total. The summed E-state index contributed by atoms with van der Waals surface area (Å²) in [5.41, 5.74) is 5.65. The molecule has 4 nitrogen and oxygen atoms in total. The molecule has 0 heterocycles. The highest BCUT2D eigenvalue weighted by atomic mass is 16.2. The molecule has 0 aromatic rings. The predicted octanol–water partition coefficient (Wildman–Crippen LogP) is -0.352. The second kappa shape index (κ2) is 5.94. The fourth-order valence-electron chi connectivity index (χ4n) is 0.823. The van der Waals surface area contributed by atoms with Crippen molar-refractivity contribution in [3.8, 4) is 0 Å². The third kappa shape index (κ3) is 5.60. The summed E-state index contributed by atoms with van der Waals surface area (Å²) in [4.78, 5) is 13.3. The van der Waals surface area contributed by atoms with E-state index in [0.717, 1.165) is 6.54 Å². The van der Waals surface area contributed by atoms with Gasteiger partial charge in [-0.15, -0.1) is 0 Å². The Hall–Kier alpha value is -0.610. The highest BCUT2D eigenvalue weighted by Crippen LogP contribution is 1.97. The highest BCUT2D eigenvalue weighted by molar-refractivity contribution is 5.81. The smallest absolute Gasteiger partial charge is 0.237 e. The van der Waals surface area contributed by atoms with E-state index in [1.165, 1.54) is 0 Å². The molecule has 1 unspecified atom stereocenters. The van der Waals surface area contributed by atoms with Crippen LogP contribution in [0.1, 0.15) is 13.8 Å². The first-order valence-corrected chi connectivity index (χ1v) is 4.63. The molecule has 0 spiro atoms. The van der Waals surface area contributed by atoms with E-state index in [2.05, 4.69) is 5.32 Å². The van der Waals surface area contributed by atoms with Crippen molar-refractivity contribution in [2.24, 2.45) is 11.7 Å². The number of likely N-dealkylation sites (N-methyl/N-ethyl adjacent to an activating group) is 1. The Bertz CT molecular complexity index is 157. The van der Waals surface area contributed by atoms with Crippen LogP contribution >= 0.6 is 0 Å². The van der Waals surface area contributed by atoms with Crippen LogP contribution in [-0.2, 0) is 4.79 Å². The number of carbonyl (C=O) groups is 1. The first kappa shape index (κ1) is 12.4. The van der Waals surface area contributed by atoms with Crippen molar-refractivity contribution in [2.75, 3.05) is 27.2 Å². The van der Waals surface area contributed by atoms with Crippen molar-refractivity contribution >= 4 is 5.91 Å². The fraction of sp³-hybridized carbons (Fsp3) is 0.889. The van der Waals surface area contributed by atoms with Crippen LogP contribution in [0.3, 0.4) is 0 Å². The second-order valence-corrected chi connectivity index (χ2v) is 3.86. The maximum Gasteiger partial charge on any atom is 0.237 e. The lowest BCUT2D eigenvalue weighted by molar-refractivity contribution is -0.123. The third-order valence-corrected chi connectivity index (χ3v) is 1.88. The summed E-state index contributed by atoms with van der Waals surface area (Å²) in [6.07, 6.45) is 0. The molecule has 4 heteroatoms. The molecule has 0 aliphatic heterocycles. The lowest BCUT2D eigenvalue weighted by atomic mass is 10.1. The molecule has 0 aliphatic carbocycles.